The molecule has 40 heavy (non-hydrogen) atoms. The third kappa shape index (κ3) is 9.98. The fraction of sp³-hybridized carbons (Fsp3) is 0.400. The van der Waals surface area contributed by atoms with E-state index in [0.29, 0.717) is 0 Å². The fourth-order valence-corrected chi connectivity index (χ4v) is 3.62. The lowest BCUT2D eigenvalue weighted by Gasteiger charge is -2.30. The first kappa shape index (κ1) is 31.7. The summed E-state index contributed by atoms with van der Waals surface area (Å²) in [6, 6.07) is 14.4. The third-order valence-corrected chi connectivity index (χ3v) is 5.22. The number of phenols is 1. The Labute approximate surface area is 235 Å². The summed E-state index contributed by atoms with van der Waals surface area (Å²) in [5, 5.41) is 15.5. The van der Waals surface area contributed by atoms with Crippen molar-refractivity contribution < 1.29 is 33.8 Å². The molecule has 2 aromatic rings. The summed E-state index contributed by atoms with van der Waals surface area (Å²) >= 11 is 0. The van der Waals surface area contributed by atoms with Crippen LogP contribution in [0.1, 0.15) is 58.7 Å². The molecule has 0 radical (unpaired) electrons. The monoisotopic (exact) mass is 551 g/mol. The zero-order valence-corrected chi connectivity index (χ0v) is 23.7. The van der Waals surface area contributed by atoms with Gasteiger partial charge < -0.3 is 25.2 Å². The number of alkyl carbamates (subject to hydrolysis) is 1. The first-order valence-corrected chi connectivity index (χ1v) is 12.7. The second-order valence-corrected chi connectivity index (χ2v) is 11.0. The van der Waals surface area contributed by atoms with Gasteiger partial charge in [-0.1, -0.05) is 55.0 Å². The Morgan fingerprint density at radius 1 is 0.925 bits per heavy atom. The molecule has 0 aliphatic heterocycles. The number of esters is 1. The molecule has 10 nitrogen and oxygen atoms in total. The quantitative estimate of drug-likeness (QED) is 0.247. The lowest BCUT2D eigenvalue weighted by Crippen LogP contribution is -2.51. The largest absolute Gasteiger partial charge is 0.508 e. The molecule has 0 fully saturated rings. The molecular weight excluding hydrogens is 514 g/mol. The van der Waals surface area contributed by atoms with Crippen LogP contribution in [0.15, 0.2) is 54.6 Å². The number of nitrogens with zero attached hydrogens (tertiary/aromatic N) is 1. The molecule has 0 aliphatic carbocycles. The van der Waals surface area contributed by atoms with E-state index in [1.807, 2.05) is 6.07 Å². The maximum absolute atomic E-state index is 13.8. The van der Waals surface area contributed by atoms with Crippen molar-refractivity contribution in [2.75, 3.05) is 6.54 Å². The van der Waals surface area contributed by atoms with E-state index < -0.39 is 53.7 Å². The van der Waals surface area contributed by atoms with Crippen molar-refractivity contribution in [3.63, 3.8) is 0 Å². The molecule has 0 aromatic heterocycles. The molecule has 10 heteroatoms. The molecule has 0 saturated heterocycles. The number of rotatable bonds is 9. The van der Waals surface area contributed by atoms with Crippen LogP contribution >= 0.6 is 0 Å². The van der Waals surface area contributed by atoms with Crippen molar-refractivity contribution in [1.82, 2.24) is 15.5 Å². The summed E-state index contributed by atoms with van der Waals surface area (Å²) in [6.07, 6.45) is 4.91. The highest BCUT2D eigenvalue weighted by Gasteiger charge is 2.36. The Hall–Kier alpha value is -4.52. The number of carbonyl (C=O) groups excluding carboxylic acids is 4. The molecule has 0 bridgehead atoms. The first-order chi connectivity index (χ1) is 18.6. The second kappa shape index (κ2) is 13.5. The van der Waals surface area contributed by atoms with E-state index >= 15 is 0 Å². The summed E-state index contributed by atoms with van der Waals surface area (Å²) in [5.74, 6) is -2.65. The fourth-order valence-electron chi connectivity index (χ4n) is 3.62. The summed E-state index contributed by atoms with van der Waals surface area (Å²) in [4.78, 5) is 52.8. The number of hydrogen-bond donors (Lipinski definition) is 3. The average Bonchev–Trinajstić information content (AvgIpc) is 2.84. The van der Waals surface area contributed by atoms with Crippen molar-refractivity contribution in [1.29, 1.82) is 0 Å². The minimum Gasteiger partial charge on any atom is -0.508 e. The van der Waals surface area contributed by atoms with Crippen LogP contribution in [0.4, 0.5) is 4.79 Å². The van der Waals surface area contributed by atoms with Crippen LogP contribution in [0.3, 0.4) is 0 Å². The predicted octanol–water partition coefficient (Wildman–Crippen LogP) is 3.45. The normalized spacial score (nSPS) is 12.7. The van der Waals surface area contributed by atoms with Gasteiger partial charge in [0.05, 0.1) is 0 Å². The first-order valence-electron chi connectivity index (χ1n) is 12.7. The zero-order valence-electron chi connectivity index (χ0n) is 23.7. The molecule has 0 aliphatic rings. The minimum absolute atomic E-state index is 0.0196. The smallest absolute Gasteiger partial charge is 0.408 e. The highest BCUT2D eigenvalue weighted by Crippen LogP contribution is 2.29. The number of para-hydroxylation sites is 1. The van der Waals surface area contributed by atoms with Crippen molar-refractivity contribution in [3.05, 3.63) is 65.7 Å². The van der Waals surface area contributed by atoms with E-state index in [0.717, 1.165) is 10.5 Å². The van der Waals surface area contributed by atoms with Gasteiger partial charge in [0.25, 0.3) is 5.91 Å². The van der Waals surface area contributed by atoms with Gasteiger partial charge in [-0.15, -0.1) is 0 Å². The Kier molecular flexibility index (Phi) is 10.7. The van der Waals surface area contributed by atoms with E-state index in [4.69, 9.17) is 15.9 Å². The van der Waals surface area contributed by atoms with Gasteiger partial charge in [-0.3, -0.25) is 14.5 Å². The number of carbonyl (C=O) groups is 4. The third-order valence-electron chi connectivity index (χ3n) is 5.22. The Bertz CT molecular complexity index is 1240. The van der Waals surface area contributed by atoms with Gasteiger partial charge in [0.2, 0.25) is 5.91 Å². The molecule has 0 heterocycles. The van der Waals surface area contributed by atoms with E-state index in [2.05, 4.69) is 16.7 Å². The van der Waals surface area contributed by atoms with Gasteiger partial charge in [-0.25, -0.2) is 9.59 Å². The number of nitrogens with one attached hydrogen (secondary N) is 2. The highest BCUT2D eigenvalue weighted by molar-refractivity contribution is 5.94. The molecule has 0 spiro atoms. The topological polar surface area (TPSA) is 134 Å². The number of phenolic OH excluding ortho intramolecular Hbond substituents is 1. The van der Waals surface area contributed by atoms with E-state index in [9.17, 15) is 24.3 Å². The molecule has 2 atom stereocenters. The maximum Gasteiger partial charge on any atom is 0.408 e. The zero-order chi connectivity index (χ0) is 30.1. The SMILES string of the molecule is C#CN(C(=O)CNC(=O)OC(C)(C)C)C(C(=O)NC(Cc1ccccc1)C(=O)OC(C)(C)C)c1ccccc1O. The molecule has 2 rings (SSSR count). The van der Waals surface area contributed by atoms with Gasteiger partial charge >= 0.3 is 12.1 Å². The van der Waals surface area contributed by atoms with Crippen molar-refractivity contribution in [2.45, 2.75) is 71.2 Å². The van der Waals surface area contributed by atoms with Gasteiger partial charge in [-0.2, -0.15) is 0 Å². The van der Waals surface area contributed by atoms with Crippen molar-refractivity contribution in [2.24, 2.45) is 0 Å². The van der Waals surface area contributed by atoms with Crippen LogP contribution in [-0.4, -0.2) is 57.7 Å². The number of ether oxygens (including phenoxy) is 2. The highest BCUT2D eigenvalue weighted by atomic mass is 16.6. The Morgan fingerprint density at radius 2 is 1.50 bits per heavy atom. The minimum atomic E-state index is -1.54. The Morgan fingerprint density at radius 3 is 2.05 bits per heavy atom. The Balaban J connectivity index is 2.40. The van der Waals surface area contributed by atoms with Crippen LogP contribution in [0.5, 0.6) is 5.75 Å². The maximum atomic E-state index is 13.8. The second-order valence-electron chi connectivity index (χ2n) is 11.0. The predicted molar refractivity (Wildman–Crippen MR) is 149 cm³/mol. The van der Waals surface area contributed by atoms with Crippen LogP contribution in [0.25, 0.3) is 0 Å². The van der Waals surface area contributed by atoms with Gasteiger partial charge in [-0.05, 0) is 53.2 Å². The molecule has 214 valence electrons. The molecule has 2 unspecified atom stereocenters. The van der Waals surface area contributed by atoms with Crippen LogP contribution in [0, 0.1) is 12.5 Å². The molecule has 3 N–H and O–H groups in total. The molecule has 3 amide bonds. The van der Waals surface area contributed by atoms with E-state index in [-0.39, 0.29) is 17.7 Å². The summed E-state index contributed by atoms with van der Waals surface area (Å²) in [5.41, 5.74) is -0.857. The molecule has 2 aromatic carbocycles. The van der Waals surface area contributed by atoms with Crippen LogP contribution in [-0.2, 0) is 30.3 Å². The lowest BCUT2D eigenvalue weighted by molar-refractivity contribution is -0.159. The van der Waals surface area contributed by atoms with Crippen LogP contribution in [0.2, 0.25) is 0 Å². The number of amides is 3. The standard InChI is InChI=1S/C30H37N3O7/c1-8-33(24(35)19-31-28(38)40-30(5,6)7)25(21-16-12-13-17-23(21)34)26(36)32-22(27(37)39-29(2,3)4)18-20-14-10-9-11-15-20/h1,9-17,22,25,34H,18-19H2,2-7H3,(H,31,38)(H,32,36). The summed E-state index contributed by atoms with van der Waals surface area (Å²) in [6.45, 7) is 9.51. The van der Waals surface area contributed by atoms with Crippen LogP contribution < -0.4 is 10.6 Å². The van der Waals surface area contributed by atoms with Gasteiger partial charge in [0, 0.05) is 18.0 Å². The summed E-state index contributed by atoms with van der Waals surface area (Å²) < 4.78 is 10.7. The average molecular weight is 552 g/mol. The number of terminal acetylenes is 1. The lowest BCUT2D eigenvalue weighted by atomic mass is 10.0. The number of hydrogen-bond acceptors (Lipinski definition) is 7. The summed E-state index contributed by atoms with van der Waals surface area (Å²) in [7, 11) is 0. The van der Waals surface area contributed by atoms with Crippen molar-refractivity contribution in [3.8, 4) is 18.2 Å². The number of aromatic hydroxyl groups is 1. The number of benzene rings is 2. The van der Waals surface area contributed by atoms with Gasteiger partial charge in [0.1, 0.15) is 29.5 Å². The van der Waals surface area contributed by atoms with E-state index in [1.54, 1.807) is 77.9 Å². The molecular formula is C30H37N3O7. The van der Waals surface area contributed by atoms with Crippen molar-refractivity contribution >= 4 is 23.9 Å². The van der Waals surface area contributed by atoms with E-state index in [1.165, 1.54) is 12.1 Å². The van der Waals surface area contributed by atoms with Gasteiger partial charge in [0.15, 0.2) is 6.04 Å². The molecule has 0 saturated carbocycles.